The van der Waals surface area contributed by atoms with Crippen LogP contribution in [0.1, 0.15) is 28.9 Å². The number of nitrogens with zero attached hydrogens (tertiary/aromatic N) is 2. The van der Waals surface area contributed by atoms with Crippen LogP contribution in [0.5, 0.6) is 0 Å². The van der Waals surface area contributed by atoms with Gasteiger partial charge in [-0.1, -0.05) is 12.1 Å². The normalized spacial score (nSPS) is 17.2. The SMILES string of the molecule is O=C(NC1(O)CCN(Cc2ncc[nH]c2=O)CC1)c1ccccc1F. The summed E-state index contributed by atoms with van der Waals surface area (Å²) in [6.45, 7) is 1.32. The molecule has 1 aromatic carbocycles. The largest absolute Gasteiger partial charge is 0.371 e. The van der Waals surface area contributed by atoms with Crippen LogP contribution < -0.4 is 10.9 Å². The first-order valence-electron chi connectivity index (χ1n) is 8.01. The van der Waals surface area contributed by atoms with E-state index in [0.717, 1.165) is 0 Å². The molecule has 1 fully saturated rings. The monoisotopic (exact) mass is 346 g/mol. The summed E-state index contributed by atoms with van der Waals surface area (Å²) in [5, 5.41) is 13.1. The van der Waals surface area contributed by atoms with E-state index in [9.17, 15) is 19.1 Å². The number of hydrogen-bond donors (Lipinski definition) is 3. The van der Waals surface area contributed by atoms with E-state index >= 15 is 0 Å². The molecule has 1 amide bonds. The fraction of sp³-hybridized carbons (Fsp3) is 0.353. The minimum absolute atomic E-state index is 0.0987. The Labute approximate surface area is 143 Å². The van der Waals surface area contributed by atoms with Crippen LogP contribution in [-0.2, 0) is 6.54 Å². The van der Waals surface area contributed by atoms with Gasteiger partial charge in [0, 0.05) is 44.9 Å². The molecule has 3 rings (SSSR count). The molecule has 132 valence electrons. The van der Waals surface area contributed by atoms with Gasteiger partial charge >= 0.3 is 0 Å². The maximum Gasteiger partial charge on any atom is 0.270 e. The lowest BCUT2D eigenvalue weighted by atomic mass is 9.99. The standard InChI is InChI=1S/C17H19FN4O3/c18-13-4-2-1-3-12(13)15(23)21-17(25)5-9-22(10-6-17)11-14-16(24)20-8-7-19-14/h1-4,7-8,25H,5-6,9-11H2,(H,20,24)(H,21,23). The number of rotatable bonds is 4. The molecule has 25 heavy (non-hydrogen) atoms. The third-order valence-corrected chi connectivity index (χ3v) is 4.30. The van der Waals surface area contributed by atoms with Crippen LogP contribution in [-0.4, -0.2) is 44.7 Å². The van der Waals surface area contributed by atoms with Gasteiger partial charge < -0.3 is 15.4 Å². The van der Waals surface area contributed by atoms with Gasteiger partial charge in [0.25, 0.3) is 11.5 Å². The van der Waals surface area contributed by atoms with Crippen molar-refractivity contribution in [1.82, 2.24) is 20.2 Å². The smallest absolute Gasteiger partial charge is 0.270 e. The van der Waals surface area contributed by atoms with Gasteiger partial charge in [-0.25, -0.2) is 4.39 Å². The van der Waals surface area contributed by atoms with Crippen molar-refractivity contribution in [3.05, 3.63) is 64.1 Å². The van der Waals surface area contributed by atoms with Gasteiger partial charge in [-0.2, -0.15) is 0 Å². The average molecular weight is 346 g/mol. The molecular weight excluding hydrogens is 327 g/mol. The Bertz CT molecular complexity index is 815. The number of H-pyrrole nitrogens is 1. The van der Waals surface area contributed by atoms with Crippen LogP contribution in [0, 0.1) is 5.82 Å². The molecule has 1 saturated heterocycles. The number of hydrogen-bond acceptors (Lipinski definition) is 5. The summed E-state index contributed by atoms with van der Waals surface area (Å²) >= 11 is 0. The van der Waals surface area contributed by atoms with Gasteiger partial charge in [0.1, 0.15) is 17.2 Å². The summed E-state index contributed by atoms with van der Waals surface area (Å²) in [5.41, 5.74) is -1.33. The zero-order valence-electron chi connectivity index (χ0n) is 13.5. The average Bonchev–Trinajstić information content (AvgIpc) is 2.59. The predicted octanol–water partition coefficient (Wildman–Crippen LogP) is 0.623. The van der Waals surface area contributed by atoms with Crippen LogP contribution >= 0.6 is 0 Å². The van der Waals surface area contributed by atoms with Crippen molar-refractivity contribution in [3.8, 4) is 0 Å². The summed E-state index contributed by atoms with van der Waals surface area (Å²) in [6, 6.07) is 5.64. The number of aromatic nitrogens is 2. The van der Waals surface area contributed by atoms with Gasteiger partial charge in [0.05, 0.1) is 5.56 Å². The summed E-state index contributed by atoms with van der Waals surface area (Å²) in [4.78, 5) is 32.4. The van der Waals surface area contributed by atoms with Gasteiger partial charge in [0.2, 0.25) is 0 Å². The number of carbonyl (C=O) groups is 1. The van der Waals surface area contributed by atoms with E-state index in [1.807, 2.05) is 4.90 Å². The number of likely N-dealkylation sites (tertiary alicyclic amines) is 1. The molecule has 7 nitrogen and oxygen atoms in total. The first kappa shape index (κ1) is 17.2. The first-order chi connectivity index (χ1) is 12.0. The molecule has 0 atom stereocenters. The molecular formula is C17H19FN4O3. The summed E-state index contributed by atoms with van der Waals surface area (Å²) < 4.78 is 13.7. The van der Waals surface area contributed by atoms with Crippen molar-refractivity contribution < 1.29 is 14.3 Å². The molecule has 0 saturated carbocycles. The summed E-state index contributed by atoms with van der Waals surface area (Å²) in [7, 11) is 0. The minimum atomic E-state index is -1.40. The highest BCUT2D eigenvalue weighted by Crippen LogP contribution is 2.21. The Morgan fingerprint density at radius 3 is 2.76 bits per heavy atom. The van der Waals surface area contributed by atoms with E-state index in [4.69, 9.17) is 0 Å². The quantitative estimate of drug-likeness (QED) is 0.705. The number of halogens is 1. The highest BCUT2D eigenvalue weighted by molar-refractivity contribution is 5.94. The molecule has 1 aliphatic heterocycles. The second-order valence-electron chi connectivity index (χ2n) is 6.11. The third-order valence-electron chi connectivity index (χ3n) is 4.30. The molecule has 2 aromatic rings. The zero-order chi connectivity index (χ0) is 17.9. The molecule has 0 bridgehead atoms. The fourth-order valence-electron chi connectivity index (χ4n) is 2.84. The van der Waals surface area contributed by atoms with Gasteiger partial charge in [-0.05, 0) is 12.1 Å². The molecule has 0 radical (unpaired) electrons. The van der Waals surface area contributed by atoms with Crippen molar-refractivity contribution in [2.45, 2.75) is 25.1 Å². The number of aliphatic hydroxyl groups is 1. The Morgan fingerprint density at radius 2 is 2.08 bits per heavy atom. The van der Waals surface area contributed by atoms with E-state index in [1.54, 1.807) is 6.07 Å². The Balaban J connectivity index is 1.59. The Morgan fingerprint density at radius 1 is 1.36 bits per heavy atom. The van der Waals surface area contributed by atoms with E-state index in [0.29, 0.717) is 25.3 Å². The zero-order valence-corrected chi connectivity index (χ0v) is 13.5. The second kappa shape index (κ2) is 7.12. The summed E-state index contributed by atoms with van der Waals surface area (Å²) in [6.07, 6.45) is 3.54. The third kappa shape index (κ3) is 4.09. The summed E-state index contributed by atoms with van der Waals surface area (Å²) in [5.74, 6) is -1.27. The van der Waals surface area contributed by atoms with Crippen LogP contribution in [0.15, 0.2) is 41.5 Å². The Hall–Kier alpha value is -2.58. The van der Waals surface area contributed by atoms with Crippen molar-refractivity contribution in [2.24, 2.45) is 0 Å². The van der Waals surface area contributed by atoms with E-state index in [-0.39, 0.29) is 24.0 Å². The van der Waals surface area contributed by atoms with Gasteiger partial charge in [0.15, 0.2) is 0 Å². The number of nitrogens with one attached hydrogen (secondary N) is 2. The van der Waals surface area contributed by atoms with E-state index < -0.39 is 17.4 Å². The molecule has 0 aliphatic carbocycles. The van der Waals surface area contributed by atoms with Gasteiger partial charge in [-0.3, -0.25) is 19.5 Å². The van der Waals surface area contributed by atoms with Crippen molar-refractivity contribution >= 4 is 5.91 Å². The lowest BCUT2D eigenvalue weighted by Crippen LogP contribution is -2.55. The van der Waals surface area contributed by atoms with Gasteiger partial charge in [-0.15, -0.1) is 0 Å². The molecule has 3 N–H and O–H groups in total. The fourth-order valence-corrected chi connectivity index (χ4v) is 2.84. The number of amides is 1. The molecule has 0 unspecified atom stereocenters. The van der Waals surface area contributed by atoms with Crippen molar-refractivity contribution in [3.63, 3.8) is 0 Å². The number of aromatic amines is 1. The Kier molecular flexibility index (Phi) is 4.91. The minimum Gasteiger partial charge on any atom is -0.371 e. The lowest BCUT2D eigenvalue weighted by molar-refractivity contribution is -0.0439. The molecule has 1 aliphatic rings. The maximum atomic E-state index is 13.7. The molecule has 0 spiro atoms. The van der Waals surface area contributed by atoms with Crippen LogP contribution in [0.4, 0.5) is 4.39 Å². The maximum absolute atomic E-state index is 13.7. The number of piperidine rings is 1. The second-order valence-corrected chi connectivity index (χ2v) is 6.11. The van der Waals surface area contributed by atoms with E-state index in [1.165, 1.54) is 30.6 Å². The van der Waals surface area contributed by atoms with E-state index in [2.05, 4.69) is 15.3 Å². The van der Waals surface area contributed by atoms with Crippen LogP contribution in [0.25, 0.3) is 0 Å². The van der Waals surface area contributed by atoms with Crippen molar-refractivity contribution in [2.75, 3.05) is 13.1 Å². The molecule has 2 heterocycles. The first-order valence-corrected chi connectivity index (χ1v) is 8.01. The highest BCUT2D eigenvalue weighted by Gasteiger charge is 2.34. The number of carbonyl (C=O) groups excluding carboxylic acids is 1. The highest BCUT2D eigenvalue weighted by atomic mass is 19.1. The number of benzene rings is 1. The van der Waals surface area contributed by atoms with Crippen LogP contribution in [0.2, 0.25) is 0 Å². The van der Waals surface area contributed by atoms with Crippen LogP contribution in [0.3, 0.4) is 0 Å². The molecule has 8 heteroatoms. The topological polar surface area (TPSA) is 98.3 Å². The lowest BCUT2D eigenvalue weighted by Gasteiger charge is -2.38. The van der Waals surface area contributed by atoms with Crippen molar-refractivity contribution in [1.29, 1.82) is 0 Å². The molecule has 1 aromatic heterocycles. The predicted molar refractivity (Wildman–Crippen MR) is 88.2 cm³/mol.